The van der Waals surface area contributed by atoms with Crippen molar-refractivity contribution in [3.8, 4) is 0 Å². The van der Waals surface area contributed by atoms with Crippen LogP contribution in [0.5, 0.6) is 0 Å². The van der Waals surface area contributed by atoms with E-state index < -0.39 is 23.8 Å². The van der Waals surface area contributed by atoms with Crippen LogP contribution in [0.25, 0.3) is 0 Å². The highest BCUT2D eigenvalue weighted by Crippen LogP contribution is 2.32. The maximum absolute atomic E-state index is 13.2. The Bertz CT molecular complexity index is 1280. The Kier molecular flexibility index (Phi) is 6.27. The number of piperazine rings is 1. The Morgan fingerprint density at radius 3 is 2.03 bits per heavy atom. The van der Waals surface area contributed by atoms with Crippen molar-refractivity contribution in [2.45, 2.75) is 37.8 Å². The van der Waals surface area contributed by atoms with Crippen molar-refractivity contribution in [3.63, 3.8) is 0 Å². The quantitative estimate of drug-likeness (QED) is 0.463. The molecular weight excluding hydrogens is 484 g/mol. The summed E-state index contributed by atoms with van der Waals surface area (Å²) in [5.41, 5.74) is 9.39. The van der Waals surface area contributed by atoms with E-state index in [0.29, 0.717) is 17.2 Å². The van der Waals surface area contributed by atoms with E-state index in [1.54, 1.807) is 12.1 Å². The largest absolute Gasteiger partial charge is 0.399 e. The predicted molar refractivity (Wildman–Crippen MR) is 143 cm³/mol. The fraction of sp³-hybridized carbons (Fsp3) is 0.429. The Morgan fingerprint density at radius 2 is 1.34 bits per heavy atom. The van der Waals surface area contributed by atoms with Crippen molar-refractivity contribution in [1.82, 2.24) is 15.1 Å². The number of hydrogen-bond acceptors (Lipinski definition) is 8. The molecule has 4 aliphatic rings. The first-order valence-corrected chi connectivity index (χ1v) is 13.3. The molecular formula is C28H32N6O4. The summed E-state index contributed by atoms with van der Waals surface area (Å²) in [6.45, 7) is 5.80. The highest BCUT2D eigenvalue weighted by atomic mass is 16.2. The van der Waals surface area contributed by atoms with Crippen molar-refractivity contribution in [2.75, 3.05) is 54.8 Å². The molecule has 0 aromatic heterocycles. The van der Waals surface area contributed by atoms with Gasteiger partial charge in [0.1, 0.15) is 6.04 Å². The lowest BCUT2D eigenvalue weighted by atomic mass is 10.0. The van der Waals surface area contributed by atoms with Crippen LogP contribution in [0.4, 0.5) is 17.1 Å². The molecule has 38 heavy (non-hydrogen) atoms. The summed E-state index contributed by atoms with van der Waals surface area (Å²) in [5.74, 6) is -1.90. The number of carbonyl (C=O) groups excluding carboxylic acids is 4. The summed E-state index contributed by atoms with van der Waals surface area (Å²) < 4.78 is 0. The molecule has 10 nitrogen and oxygen atoms in total. The van der Waals surface area contributed by atoms with Crippen LogP contribution in [0.1, 0.15) is 46.4 Å². The minimum absolute atomic E-state index is 0.112. The van der Waals surface area contributed by atoms with Crippen LogP contribution in [-0.4, -0.2) is 84.8 Å². The molecule has 6 rings (SSSR count). The number of benzene rings is 2. The average Bonchev–Trinajstić information content (AvgIpc) is 3.18. The Hall–Kier alpha value is -3.92. The van der Waals surface area contributed by atoms with Gasteiger partial charge in [-0.05, 0) is 61.7 Å². The number of piperidine rings is 2. The molecule has 1 unspecified atom stereocenters. The standard InChI is InChI=1S/C28H32N6O4/c29-18-1-3-19(4-2-18)32-13-15-33(16-14-32)20-9-11-31(12-10-20)21-5-6-22-23(17-21)28(38)34(27(22)37)24-7-8-25(35)30-26(24)36/h1-6,17,20,24H,7-16,29H2,(H,30,35,36). The molecule has 0 aliphatic carbocycles. The van der Waals surface area contributed by atoms with Gasteiger partial charge in [0.2, 0.25) is 11.8 Å². The third kappa shape index (κ3) is 4.38. The van der Waals surface area contributed by atoms with Crippen molar-refractivity contribution >= 4 is 40.7 Å². The highest BCUT2D eigenvalue weighted by molar-refractivity contribution is 6.23. The van der Waals surface area contributed by atoms with Gasteiger partial charge in [0.25, 0.3) is 11.8 Å². The van der Waals surface area contributed by atoms with E-state index in [1.165, 1.54) is 5.69 Å². The molecule has 0 radical (unpaired) electrons. The molecule has 4 heterocycles. The van der Waals surface area contributed by atoms with Crippen molar-refractivity contribution in [1.29, 1.82) is 0 Å². The van der Waals surface area contributed by atoms with Gasteiger partial charge in [0.05, 0.1) is 11.1 Å². The van der Waals surface area contributed by atoms with Gasteiger partial charge in [-0.25, -0.2) is 0 Å². The van der Waals surface area contributed by atoms with E-state index in [1.807, 2.05) is 18.2 Å². The minimum Gasteiger partial charge on any atom is -0.399 e. The Labute approximate surface area is 221 Å². The summed E-state index contributed by atoms with van der Waals surface area (Å²) >= 11 is 0. The molecule has 3 fully saturated rings. The van der Waals surface area contributed by atoms with Gasteiger partial charge >= 0.3 is 0 Å². The van der Waals surface area contributed by atoms with Crippen LogP contribution in [-0.2, 0) is 9.59 Å². The monoisotopic (exact) mass is 516 g/mol. The number of rotatable bonds is 4. The first kappa shape index (κ1) is 24.4. The average molecular weight is 517 g/mol. The topological polar surface area (TPSA) is 119 Å². The summed E-state index contributed by atoms with van der Waals surface area (Å²) in [5, 5.41) is 2.24. The van der Waals surface area contributed by atoms with E-state index in [0.717, 1.165) is 68.4 Å². The summed E-state index contributed by atoms with van der Waals surface area (Å²) in [7, 11) is 0. The van der Waals surface area contributed by atoms with Crippen LogP contribution in [0.3, 0.4) is 0 Å². The van der Waals surface area contributed by atoms with Crippen molar-refractivity contribution in [3.05, 3.63) is 53.6 Å². The maximum Gasteiger partial charge on any atom is 0.262 e. The SMILES string of the molecule is Nc1ccc(N2CCN(C3CCN(c4ccc5c(c4)C(=O)N(C4CCC(=O)NC4=O)C5=O)CC3)CC2)cc1. The fourth-order valence-electron chi connectivity index (χ4n) is 6.18. The first-order chi connectivity index (χ1) is 18.4. The number of nitrogens with zero attached hydrogens (tertiary/aromatic N) is 4. The molecule has 4 amide bonds. The van der Waals surface area contributed by atoms with E-state index >= 15 is 0 Å². The lowest BCUT2D eigenvalue weighted by Gasteiger charge is -2.43. The van der Waals surface area contributed by atoms with Crippen LogP contribution < -0.4 is 20.9 Å². The van der Waals surface area contributed by atoms with Crippen LogP contribution >= 0.6 is 0 Å². The van der Waals surface area contributed by atoms with Crippen LogP contribution in [0, 0.1) is 0 Å². The van der Waals surface area contributed by atoms with Crippen molar-refractivity contribution in [2.24, 2.45) is 0 Å². The summed E-state index contributed by atoms with van der Waals surface area (Å²) in [4.78, 5) is 58.3. The van der Waals surface area contributed by atoms with E-state index in [4.69, 9.17) is 5.73 Å². The third-order valence-electron chi connectivity index (χ3n) is 8.34. The molecule has 10 heteroatoms. The normalized spacial score (nSPS) is 23.2. The molecule has 0 saturated carbocycles. The first-order valence-electron chi connectivity index (χ1n) is 13.3. The molecule has 4 aliphatic heterocycles. The fourth-order valence-corrected chi connectivity index (χ4v) is 6.18. The number of nitrogens with one attached hydrogen (secondary N) is 1. The van der Waals surface area contributed by atoms with E-state index in [9.17, 15) is 19.2 Å². The van der Waals surface area contributed by atoms with Crippen LogP contribution in [0.2, 0.25) is 0 Å². The zero-order valence-electron chi connectivity index (χ0n) is 21.3. The number of nitrogens with two attached hydrogens (primary N) is 1. The summed E-state index contributed by atoms with van der Waals surface area (Å²) in [6, 6.07) is 13.0. The summed E-state index contributed by atoms with van der Waals surface area (Å²) in [6.07, 6.45) is 2.34. The van der Waals surface area contributed by atoms with E-state index in [2.05, 4.69) is 32.1 Å². The van der Waals surface area contributed by atoms with Gasteiger partial charge in [-0.3, -0.25) is 34.3 Å². The number of carbonyl (C=O) groups is 4. The number of anilines is 3. The third-order valence-corrected chi connectivity index (χ3v) is 8.34. The Morgan fingerprint density at radius 1 is 0.711 bits per heavy atom. The molecule has 3 N–H and O–H groups in total. The molecule has 2 aromatic carbocycles. The molecule has 0 bridgehead atoms. The molecule has 2 aromatic rings. The van der Waals surface area contributed by atoms with Crippen LogP contribution in [0.15, 0.2) is 42.5 Å². The smallest absolute Gasteiger partial charge is 0.262 e. The Balaban J connectivity index is 1.06. The molecule has 1 atom stereocenters. The van der Waals surface area contributed by atoms with Gasteiger partial charge < -0.3 is 15.5 Å². The second-order valence-electron chi connectivity index (χ2n) is 10.5. The lowest BCUT2D eigenvalue weighted by Crippen LogP contribution is -2.54. The van der Waals surface area contributed by atoms with Crippen molar-refractivity contribution < 1.29 is 19.2 Å². The number of nitrogen functional groups attached to an aromatic ring is 1. The lowest BCUT2D eigenvalue weighted by molar-refractivity contribution is -0.136. The molecule has 3 saturated heterocycles. The van der Waals surface area contributed by atoms with Gasteiger partial charge in [-0.1, -0.05) is 0 Å². The van der Waals surface area contributed by atoms with Gasteiger partial charge in [0, 0.05) is 68.8 Å². The number of hydrogen-bond donors (Lipinski definition) is 2. The number of amides is 4. The van der Waals surface area contributed by atoms with E-state index in [-0.39, 0.29) is 18.7 Å². The minimum atomic E-state index is -0.945. The second-order valence-corrected chi connectivity index (χ2v) is 10.5. The van der Waals surface area contributed by atoms with Gasteiger partial charge in [-0.2, -0.15) is 0 Å². The number of imide groups is 2. The van der Waals surface area contributed by atoms with Gasteiger partial charge in [0.15, 0.2) is 0 Å². The maximum atomic E-state index is 13.2. The zero-order chi connectivity index (χ0) is 26.4. The predicted octanol–water partition coefficient (Wildman–Crippen LogP) is 1.46. The second kappa shape index (κ2) is 9.75. The highest BCUT2D eigenvalue weighted by Gasteiger charge is 2.44. The zero-order valence-corrected chi connectivity index (χ0v) is 21.3. The molecule has 0 spiro atoms. The number of fused-ring (bicyclic) bond motifs is 1. The van der Waals surface area contributed by atoms with Gasteiger partial charge in [-0.15, -0.1) is 0 Å². The molecule has 198 valence electrons.